The van der Waals surface area contributed by atoms with Gasteiger partial charge in [-0.05, 0) is 31.4 Å². The minimum absolute atomic E-state index is 0.0140. The highest BCUT2D eigenvalue weighted by Crippen LogP contribution is 2.36. The molecule has 1 aliphatic rings. The van der Waals surface area contributed by atoms with E-state index in [2.05, 4.69) is 10.1 Å². The lowest BCUT2D eigenvalue weighted by molar-refractivity contribution is 0.240. The maximum absolute atomic E-state index is 9.83. The lowest BCUT2D eigenvalue weighted by atomic mass is 10.2. The van der Waals surface area contributed by atoms with Gasteiger partial charge in [0.1, 0.15) is 0 Å². The molecule has 0 saturated carbocycles. The van der Waals surface area contributed by atoms with Crippen LogP contribution in [0.5, 0.6) is 17.2 Å². The number of aromatic hydroxyl groups is 1. The minimum Gasteiger partial charge on any atom is -0.502 e. The monoisotopic (exact) mass is 264 g/mol. The second kappa shape index (κ2) is 6.31. The number of piperidine rings is 1. The lowest BCUT2D eigenvalue weighted by Gasteiger charge is -2.23. The van der Waals surface area contributed by atoms with Crippen LogP contribution < -0.4 is 9.47 Å². The molecule has 5 nitrogen and oxygen atoms in total. The standard InChI is InChI=1S/C14H20N2O3/c1-18-12-8-11(9-13(19-2)14(12)17)10-15-16-6-4-3-5-7-16/h8-10,17H,3-7H2,1-2H3/b15-10+. The van der Waals surface area contributed by atoms with Crippen LogP contribution in [-0.2, 0) is 0 Å². The van der Waals surface area contributed by atoms with Gasteiger partial charge in [-0.2, -0.15) is 5.10 Å². The highest BCUT2D eigenvalue weighted by Gasteiger charge is 2.11. The van der Waals surface area contributed by atoms with Gasteiger partial charge in [0.05, 0.1) is 20.4 Å². The molecule has 0 unspecified atom stereocenters. The number of hydrazone groups is 1. The van der Waals surface area contributed by atoms with Crippen LogP contribution in [0.4, 0.5) is 0 Å². The normalized spacial score (nSPS) is 15.8. The molecular formula is C14H20N2O3. The molecule has 1 saturated heterocycles. The van der Waals surface area contributed by atoms with Crippen LogP contribution in [0.2, 0.25) is 0 Å². The van der Waals surface area contributed by atoms with Gasteiger partial charge in [-0.3, -0.25) is 5.01 Å². The fraction of sp³-hybridized carbons (Fsp3) is 0.500. The van der Waals surface area contributed by atoms with Gasteiger partial charge in [-0.25, -0.2) is 0 Å². The number of nitrogens with zero attached hydrogens (tertiary/aromatic N) is 2. The van der Waals surface area contributed by atoms with E-state index in [0.717, 1.165) is 18.7 Å². The summed E-state index contributed by atoms with van der Waals surface area (Å²) in [4.78, 5) is 0. The van der Waals surface area contributed by atoms with E-state index in [-0.39, 0.29) is 5.75 Å². The van der Waals surface area contributed by atoms with Crippen LogP contribution >= 0.6 is 0 Å². The molecule has 1 aromatic rings. The van der Waals surface area contributed by atoms with E-state index in [1.807, 2.05) is 0 Å². The highest BCUT2D eigenvalue weighted by atomic mass is 16.5. The van der Waals surface area contributed by atoms with Crippen molar-refractivity contribution >= 4 is 6.21 Å². The summed E-state index contributed by atoms with van der Waals surface area (Å²) in [5.41, 5.74) is 0.845. The van der Waals surface area contributed by atoms with Gasteiger partial charge in [-0.15, -0.1) is 0 Å². The Labute approximate surface area is 113 Å². The predicted octanol–water partition coefficient (Wildman–Crippen LogP) is 2.23. The fourth-order valence-electron chi connectivity index (χ4n) is 2.13. The molecule has 1 aliphatic heterocycles. The summed E-state index contributed by atoms with van der Waals surface area (Å²) in [7, 11) is 3.03. The first-order valence-electron chi connectivity index (χ1n) is 6.48. The number of methoxy groups -OCH3 is 2. The van der Waals surface area contributed by atoms with E-state index < -0.39 is 0 Å². The second-order valence-electron chi connectivity index (χ2n) is 4.53. The summed E-state index contributed by atoms with van der Waals surface area (Å²) >= 11 is 0. The Hall–Kier alpha value is -1.91. The molecule has 2 rings (SSSR count). The third kappa shape index (κ3) is 3.30. The lowest BCUT2D eigenvalue weighted by Crippen LogP contribution is -2.24. The van der Waals surface area contributed by atoms with Crippen LogP contribution in [0.1, 0.15) is 24.8 Å². The maximum Gasteiger partial charge on any atom is 0.200 e. The number of phenols is 1. The molecule has 0 spiro atoms. The van der Waals surface area contributed by atoms with E-state index in [0.29, 0.717) is 11.5 Å². The van der Waals surface area contributed by atoms with E-state index >= 15 is 0 Å². The second-order valence-corrected chi connectivity index (χ2v) is 4.53. The Kier molecular flexibility index (Phi) is 4.49. The Morgan fingerprint density at radius 3 is 2.21 bits per heavy atom. The summed E-state index contributed by atoms with van der Waals surface area (Å²) in [6.45, 7) is 2.01. The Balaban J connectivity index is 2.17. The smallest absolute Gasteiger partial charge is 0.200 e. The van der Waals surface area contributed by atoms with Gasteiger partial charge < -0.3 is 14.6 Å². The molecule has 19 heavy (non-hydrogen) atoms. The molecule has 0 atom stereocenters. The van der Waals surface area contributed by atoms with Crippen molar-refractivity contribution < 1.29 is 14.6 Å². The van der Waals surface area contributed by atoms with E-state index in [9.17, 15) is 5.11 Å². The van der Waals surface area contributed by atoms with Crippen LogP contribution in [0.15, 0.2) is 17.2 Å². The van der Waals surface area contributed by atoms with Crippen LogP contribution in [0, 0.1) is 0 Å². The van der Waals surface area contributed by atoms with Crippen molar-refractivity contribution in [2.24, 2.45) is 5.10 Å². The molecule has 0 radical (unpaired) electrons. The zero-order valence-corrected chi connectivity index (χ0v) is 11.4. The number of rotatable bonds is 4. The maximum atomic E-state index is 9.83. The summed E-state index contributed by atoms with van der Waals surface area (Å²) in [6, 6.07) is 3.48. The third-order valence-electron chi connectivity index (χ3n) is 3.20. The molecular weight excluding hydrogens is 244 g/mol. The summed E-state index contributed by atoms with van der Waals surface area (Å²) in [5, 5.41) is 16.3. The average Bonchev–Trinajstić information content (AvgIpc) is 2.47. The quantitative estimate of drug-likeness (QED) is 0.847. The van der Waals surface area contributed by atoms with Crippen molar-refractivity contribution in [2.45, 2.75) is 19.3 Å². The van der Waals surface area contributed by atoms with Crippen molar-refractivity contribution in [3.05, 3.63) is 17.7 Å². The molecule has 0 bridgehead atoms. The van der Waals surface area contributed by atoms with Gasteiger partial charge in [0.15, 0.2) is 11.5 Å². The first-order chi connectivity index (χ1) is 9.24. The number of phenolic OH excluding ortho intramolecular Hbond substituents is 1. The average molecular weight is 264 g/mol. The predicted molar refractivity (Wildman–Crippen MR) is 74.2 cm³/mol. The van der Waals surface area contributed by atoms with Crippen molar-refractivity contribution in [3.63, 3.8) is 0 Å². The Morgan fingerprint density at radius 1 is 1.11 bits per heavy atom. The summed E-state index contributed by atoms with van der Waals surface area (Å²) < 4.78 is 10.2. The van der Waals surface area contributed by atoms with Gasteiger partial charge in [-0.1, -0.05) is 0 Å². The van der Waals surface area contributed by atoms with Crippen molar-refractivity contribution in [3.8, 4) is 17.2 Å². The minimum atomic E-state index is 0.0140. The van der Waals surface area contributed by atoms with E-state index in [1.165, 1.54) is 33.5 Å². The van der Waals surface area contributed by atoms with Gasteiger partial charge in [0.25, 0.3) is 0 Å². The van der Waals surface area contributed by atoms with E-state index in [1.54, 1.807) is 18.3 Å². The molecule has 1 heterocycles. The Bertz CT molecular complexity index is 429. The Morgan fingerprint density at radius 2 is 1.68 bits per heavy atom. The molecule has 104 valence electrons. The van der Waals surface area contributed by atoms with Crippen LogP contribution in [-0.4, -0.2) is 43.6 Å². The van der Waals surface area contributed by atoms with Crippen LogP contribution in [0.3, 0.4) is 0 Å². The first-order valence-corrected chi connectivity index (χ1v) is 6.48. The summed E-state index contributed by atoms with van der Waals surface area (Å²) in [5.74, 6) is 0.791. The molecule has 0 amide bonds. The molecule has 0 aromatic heterocycles. The van der Waals surface area contributed by atoms with Gasteiger partial charge in [0.2, 0.25) is 5.75 Å². The molecule has 5 heteroatoms. The zero-order chi connectivity index (χ0) is 13.7. The molecule has 1 fully saturated rings. The van der Waals surface area contributed by atoms with Gasteiger partial charge in [0, 0.05) is 18.7 Å². The third-order valence-corrected chi connectivity index (χ3v) is 3.20. The first kappa shape index (κ1) is 13.5. The zero-order valence-electron chi connectivity index (χ0n) is 11.4. The van der Waals surface area contributed by atoms with Crippen molar-refractivity contribution in [2.75, 3.05) is 27.3 Å². The number of hydrogen-bond donors (Lipinski definition) is 1. The van der Waals surface area contributed by atoms with E-state index in [4.69, 9.17) is 9.47 Å². The molecule has 1 N–H and O–H groups in total. The number of hydrogen-bond acceptors (Lipinski definition) is 5. The van der Waals surface area contributed by atoms with Crippen LogP contribution in [0.25, 0.3) is 0 Å². The van der Waals surface area contributed by atoms with Crippen molar-refractivity contribution in [1.82, 2.24) is 5.01 Å². The largest absolute Gasteiger partial charge is 0.502 e. The fourth-order valence-corrected chi connectivity index (χ4v) is 2.13. The van der Waals surface area contributed by atoms with Crippen molar-refractivity contribution in [1.29, 1.82) is 0 Å². The highest BCUT2D eigenvalue weighted by molar-refractivity contribution is 5.82. The topological polar surface area (TPSA) is 54.3 Å². The number of benzene rings is 1. The molecule has 1 aromatic carbocycles. The SMILES string of the molecule is COc1cc(/C=N/N2CCCCC2)cc(OC)c1O. The summed E-state index contributed by atoms with van der Waals surface area (Å²) in [6.07, 6.45) is 5.45. The molecule has 0 aliphatic carbocycles. The number of ether oxygens (including phenoxy) is 2. The van der Waals surface area contributed by atoms with Gasteiger partial charge >= 0.3 is 0 Å².